The van der Waals surface area contributed by atoms with E-state index in [-0.39, 0.29) is 5.41 Å². The number of aromatic nitrogens is 4. The van der Waals surface area contributed by atoms with Crippen molar-refractivity contribution < 1.29 is 9.47 Å². The molecule has 5 aromatic rings. The maximum absolute atomic E-state index is 6.07. The number of ether oxygens (including phenoxy) is 2. The number of hydrogen-bond donors (Lipinski definition) is 1. The molecule has 0 saturated heterocycles. The van der Waals surface area contributed by atoms with Crippen LogP contribution in [0.1, 0.15) is 70.1 Å². The minimum Gasteiger partial charge on any atom is -0.493 e. The lowest BCUT2D eigenvalue weighted by molar-refractivity contribution is 0.284. The number of fused-ring (bicyclic) bond motifs is 3. The molecule has 0 fully saturated rings. The molecule has 0 saturated carbocycles. The second-order valence-corrected chi connectivity index (χ2v) is 11.6. The summed E-state index contributed by atoms with van der Waals surface area (Å²) in [6, 6.07) is 22.5. The fraction of sp³-hybridized carbons (Fsp3) is 0.353. The highest BCUT2D eigenvalue weighted by Gasteiger charge is 2.15. The number of rotatable bonds is 12. The second kappa shape index (κ2) is 13.0. The van der Waals surface area contributed by atoms with Gasteiger partial charge in [0.15, 0.2) is 17.1 Å². The molecule has 5 rings (SSSR count). The molecule has 42 heavy (non-hydrogen) atoms. The van der Waals surface area contributed by atoms with Crippen molar-refractivity contribution in [2.45, 2.75) is 71.9 Å². The van der Waals surface area contributed by atoms with Crippen LogP contribution in [-0.2, 0) is 18.6 Å². The maximum atomic E-state index is 6.07. The minimum atomic E-state index is 0.123. The molecule has 0 aliphatic carbocycles. The normalized spacial score (nSPS) is 11.9. The molecule has 0 atom stereocenters. The lowest BCUT2D eigenvalue weighted by Crippen LogP contribution is -2.10. The lowest BCUT2D eigenvalue weighted by atomic mass is 9.87. The van der Waals surface area contributed by atoms with Gasteiger partial charge in [-0.3, -0.25) is 0 Å². The van der Waals surface area contributed by atoms with Gasteiger partial charge in [-0.05, 0) is 52.8 Å². The molecule has 0 amide bonds. The highest BCUT2D eigenvalue weighted by atomic mass is 16.5. The number of anilines is 1. The number of unbranched alkanes of at least 4 members (excludes halogenated alkanes) is 3. The van der Waals surface area contributed by atoms with Gasteiger partial charge < -0.3 is 14.0 Å². The first kappa shape index (κ1) is 29.0. The summed E-state index contributed by atoms with van der Waals surface area (Å²) in [7, 11) is 1.63. The second-order valence-electron chi connectivity index (χ2n) is 11.6. The predicted molar refractivity (Wildman–Crippen MR) is 171 cm³/mol. The van der Waals surface area contributed by atoms with Crippen molar-refractivity contribution in [3.8, 4) is 11.5 Å². The van der Waals surface area contributed by atoms with E-state index in [0.29, 0.717) is 24.1 Å². The first-order valence-corrected chi connectivity index (χ1v) is 14.7. The van der Waals surface area contributed by atoms with E-state index in [1.165, 1.54) is 24.8 Å². The smallest absolute Gasteiger partial charge is 0.265 e. The lowest BCUT2D eigenvalue weighted by Gasteiger charge is -2.19. The minimum absolute atomic E-state index is 0.123. The molecular weight excluding hydrogens is 524 g/mol. The van der Waals surface area contributed by atoms with E-state index in [1.54, 1.807) is 13.3 Å². The molecule has 8 heteroatoms. The third kappa shape index (κ3) is 6.70. The van der Waals surface area contributed by atoms with Crippen LogP contribution in [0.15, 0.2) is 71.8 Å². The first-order chi connectivity index (χ1) is 20.4. The molecule has 2 heterocycles. The van der Waals surface area contributed by atoms with Crippen LogP contribution in [0, 0.1) is 0 Å². The fourth-order valence-corrected chi connectivity index (χ4v) is 4.98. The maximum Gasteiger partial charge on any atom is 0.265 e. The van der Waals surface area contributed by atoms with Crippen molar-refractivity contribution in [3.05, 3.63) is 83.4 Å². The van der Waals surface area contributed by atoms with Crippen LogP contribution < -0.4 is 14.9 Å². The zero-order chi connectivity index (χ0) is 29.5. The Bertz CT molecular complexity index is 1670. The SMILES string of the molecule is CCCCCCn1c2ccccc2c2nnc(N/N=C/c3ccc(OCc4ccc(C(C)(C)C)cc4)c(OC)c3)nc21. The molecule has 0 aliphatic heterocycles. The van der Waals surface area contributed by atoms with E-state index in [2.05, 4.69) is 95.5 Å². The number of aryl methyl sites for hydroxylation is 1. The Balaban J connectivity index is 1.27. The van der Waals surface area contributed by atoms with Gasteiger partial charge in [0.05, 0.1) is 18.8 Å². The van der Waals surface area contributed by atoms with Crippen molar-refractivity contribution in [3.63, 3.8) is 0 Å². The van der Waals surface area contributed by atoms with E-state index >= 15 is 0 Å². The average Bonchev–Trinajstić information content (AvgIpc) is 3.31. The van der Waals surface area contributed by atoms with Gasteiger partial charge in [0.25, 0.3) is 5.95 Å². The molecule has 0 bridgehead atoms. The van der Waals surface area contributed by atoms with E-state index in [4.69, 9.17) is 14.5 Å². The third-order valence-corrected chi connectivity index (χ3v) is 7.39. The summed E-state index contributed by atoms with van der Waals surface area (Å²) in [5.74, 6) is 1.66. The van der Waals surface area contributed by atoms with Crippen LogP contribution >= 0.6 is 0 Å². The van der Waals surface area contributed by atoms with Gasteiger partial charge in [-0.2, -0.15) is 10.1 Å². The zero-order valence-electron chi connectivity index (χ0n) is 25.2. The Kier molecular flexibility index (Phi) is 9.00. The Hall–Kier alpha value is -4.46. The van der Waals surface area contributed by atoms with Crippen LogP contribution in [0.4, 0.5) is 5.95 Å². The average molecular weight is 565 g/mol. The number of nitrogens with one attached hydrogen (secondary N) is 1. The Morgan fingerprint density at radius 3 is 2.50 bits per heavy atom. The van der Waals surface area contributed by atoms with Gasteiger partial charge in [0.2, 0.25) is 0 Å². The van der Waals surface area contributed by atoms with E-state index < -0.39 is 0 Å². The number of hydrazone groups is 1. The number of nitrogens with zero attached hydrogens (tertiary/aromatic N) is 5. The van der Waals surface area contributed by atoms with Crippen molar-refractivity contribution in [1.29, 1.82) is 0 Å². The molecule has 1 N–H and O–H groups in total. The fourth-order valence-electron chi connectivity index (χ4n) is 4.98. The monoisotopic (exact) mass is 564 g/mol. The van der Waals surface area contributed by atoms with Crippen LogP contribution in [0.5, 0.6) is 11.5 Å². The van der Waals surface area contributed by atoms with Crippen molar-refractivity contribution in [2.75, 3.05) is 12.5 Å². The summed E-state index contributed by atoms with van der Waals surface area (Å²) in [6.45, 7) is 10.2. The Morgan fingerprint density at radius 1 is 0.929 bits per heavy atom. The summed E-state index contributed by atoms with van der Waals surface area (Å²) in [5, 5.41) is 14.2. The summed E-state index contributed by atoms with van der Waals surface area (Å²) < 4.78 is 13.9. The highest BCUT2D eigenvalue weighted by Crippen LogP contribution is 2.30. The predicted octanol–water partition coefficient (Wildman–Crippen LogP) is 7.89. The molecule has 0 aliphatic rings. The van der Waals surface area contributed by atoms with Gasteiger partial charge in [0.1, 0.15) is 12.1 Å². The summed E-state index contributed by atoms with van der Waals surface area (Å²) >= 11 is 0. The third-order valence-electron chi connectivity index (χ3n) is 7.39. The molecule has 3 aromatic carbocycles. The number of para-hydroxylation sites is 1. The molecule has 2 aromatic heterocycles. The van der Waals surface area contributed by atoms with Gasteiger partial charge in [-0.1, -0.05) is 89.4 Å². The van der Waals surface area contributed by atoms with Crippen molar-refractivity contribution in [2.24, 2.45) is 5.10 Å². The van der Waals surface area contributed by atoms with Crippen molar-refractivity contribution >= 4 is 34.2 Å². The topological polar surface area (TPSA) is 86.5 Å². The highest BCUT2D eigenvalue weighted by molar-refractivity contribution is 6.04. The zero-order valence-corrected chi connectivity index (χ0v) is 25.2. The van der Waals surface area contributed by atoms with E-state index in [1.807, 2.05) is 24.3 Å². The summed E-state index contributed by atoms with van der Waals surface area (Å²) in [5.41, 5.74) is 9.07. The van der Waals surface area contributed by atoms with Crippen molar-refractivity contribution in [1.82, 2.24) is 19.7 Å². The molecular formula is C34H40N6O2. The van der Waals surface area contributed by atoms with Crippen LogP contribution in [-0.4, -0.2) is 33.1 Å². The van der Waals surface area contributed by atoms with Gasteiger partial charge in [-0.15, -0.1) is 10.2 Å². The molecule has 0 radical (unpaired) electrons. The Labute approximate surface area is 247 Å². The number of methoxy groups -OCH3 is 1. The molecule has 218 valence electrons. The molecule has 8 nitrogen and oxygen atoms in total. The van der Waals surface area contributed by atoms with Crippen LogP contribution in [0.25, 0.3) is 22.1 Å². The quantitative estimate of drug-likeness (QED) is 0.0942. The summed E-state index contributed by atoms with van der Waals surface area (Å²) in [6.07, 6.45) is 6.42. The van der Waals surface area contributed by atoms with Gasteiger partial charge in [0, 0.05) is 11.9 Å². The summed E-state index contributed by atoms with van der Waals surface area (Å²) in [4.78, 5) is 4.78. The molecule has 0 unspecified atom stereocenters. The van der Waals surface area contributed by atoms with E-state index in [0.717, 1.165) is 46.2 Å². The number of hydrogen-bond acceptors (Lipinski definition) is 7. The van der Waals surface area contributed by atoms with Gasteiger partial charge >= 0.3 is 0 Å². The van der Waals surface area contributed by atoms with Gasteiger partial charge in [-0.25, -0.2) is 5.43 Å². The standard InChI is InChI=1S/C34H40N6O2/c1-6-7-8-11-20-40-28-13-10-9-12-27(28)31-32(40)36-33(39-37-31)38-35-22-25-16-19-29(30(21-25)41-5)42-23-24-14-17-26(18-15-24)34(2,3)4/h9-10,12-19,21-22H,6-8,11,20,23H2,1-5H3,(H,36,38,39)/b35-22+. The van der Waals surface area contributed by atoms with Crippen LogP contribution in [0.2, 0.25) is 0 Å². The first-order valence-electron chi connectivity index (χ1n) is 14.7. The van der Waals surface area contributed by atoms with Crippen LogP contribution in [0.3, 0.4) is 0 Å². The van der Waals surface area contributed by atoms with E-state index in [9.17, 15) is 0 Å². The largest absolute Gasteiger partial charge is 0.493 e. The molecule has 0 spiro atoms. The Morgan fingerprint density at radius 2 is 1.74 bits per heavy atom. The number of benzene rings is 3.